The monoisotopic (exact) mass is 234 g/mol. The van der Waals surface area contributed by atoms with Crippen LogP contribution in [0, 0.1) is 0 Å². The maximum absolute atomic E-state index is 11.6. The third-order valence-electron chi connectivity index (χ3n) is 2.34. The van der Waals surface area contributed by atoms with Gasteiger partial charge in [0.15, 0.2) is 0 Å². The quantitative estimate of drug-likeness (QED) is 0.356. The Labute approximate surface area is 102 Å². The summed E-state index contributed by atoms with van der Waals surface area (Å²) < 4.78 is 5.18. The summed E-state index contributed by atoms with van der Waals surface area (Å²) >= 11 is 0. The van der Waals surface area contributed by atoms with Gasteiger partial charge in [-0.25, -0.2) is 4.79 Å². The smallest absolute Gasteiger partial charge is 0.338 e. The van der Waals surface area contributed by atoms with E-state index in [1.165, 1.54) is 0 Å². The summed E-state index contributed by atoms with van der Waals surface area (Å²) in [5, 5.41) is 8.62. The van der Waals surface area contributed by atoms with Crippen molar-refractivity contribution in [3.8, 4) is 5.75 Å². The second-order valence-corrected chi connectivity index (χ2v) is 3.81. The molecule has 0 heterocycles. The fourth-order valence-electron chi connectivity index (χ4n) is 1.33. The first-order chi connectivity index (χ1) is 8.24. The first-order valence-corrected chi connectivity index (χ1v) is 5.79. The average Bonchev–Trinajstić information content (AvgIpc) is 2.35. The molecule has 0 saturated heterocycles. The molecule has 17 heavy (non-hydrogen) atoms. The number of rotatable bonds is 6. The van der Waals surface area contributed by atoms with Crippen LogP contribution >= 0.6 is 0 Å². The van der Waals surface area contributed by atoms with Gasteiger partial charge in [-0.1, -0.05) is 24.3 Å². The molecule has 1 aromatic carbocycles. The third kappa shape index (κ3) is 5.31. The fourth-order valence-corrected chi connectivity index (χ4v) is 1.33. The molecule has 0 fully saturated rings. The summed E-state index contributed by atoms with van der Waals surface area (Å²) in [7, 11) is 0. The van der Waals surface area contributed by atoms with E-state index in [2.05, 4.69) is 0 Å². The number of hydrogen-bond acceptors (Lipinski definition) is 3. The minimum atomic E-state index is -0.319. The Bertz CT molecular complexity index is 368. The van der Waals surface area contributed by atoms with Crippen LogP contribution in [0.25, 0.3) is 0 Å². The van der Waals surface area contributed by atoms with Crippen molar-refractivity contribution >= 4 is 5.97 Å². The van der Waals surface area contributed by atoms with E-state index in [1.54, 1.807) is 19.1 Å². The van der Waals surface area contributed by atoms with Crippen LogP contribution in [0.4, 0.5) is 0 Å². The maximum Gasteiger partial charge on any atom is 0.338 e. The molecule has 1 N–H and O–H groups in total. The number of aliphatic hydroxyl groups is 1. The lowest BCUT2D eigenvalue weighted by Gasteiger charge is -2.03. The standard InChI is InChI=1S/C14H18O3/c1-12(8-4-3-7-11-15)14(16)17-13-9-5-2-6-10-13/h2,5-6,8-10,15H,3-4,7,11H2,1H3. The molecule has 1 rings (SSSR count). The molecular weight excluding hydrogens is 216 g/mol. The molecule has 1 aromatic rings. The average molecular weight is 234 g/mol. The van der Waals surface area contributed by atoms with Gasteiger partial charge >= 0.3 is 5.97 Å². The molecule has 0 aromatic heterocycles. The normalized spacial score (nSPS) is 11.3. The minimum absolute atomic E-state index is 0.196. The number of ether oxygens (including phenoxy) is 1. The van der Waals surface area contributed by atoms with Crippen molar-refractivity contribution in [1.29, 1.82) is 0 Å². The van der Waals surface area contributed by atoms with E-state index in [1.807, 2.05) is 24.3 Å². The summed E-state index contributed by atoms with van der Waals surface area (Å²) in [6.45, 7) is 1.94. The summed E-state index contributed by atoms with van der Waals surface area (Å²) in [6.07, 6.45) is 4.28. The molecule has 0 unspecified atom stereocenters. The number of aliphatic hydroxyl groups excluding tert-OH is 1. The van der Waals surface area contributed by atoms with E-state index >= 15 is 0 Å². The SMILES string of the molecule is CC(=CCCCCO)C(=O)Oc1ccccc1. The van der Waals surface area contributed by atoms with Gasteiger partial charge < -0.3 is 9.84 Å². The van der Waals surface area contributed by atoms with Crippen LogP contribution in [0.15, 0.2) is 42.0 Å². The first-order valence-electron chi connectivity index (χ1n) is 5.79. The third-order valence-corrected chi connectivity index (χ3v) is 2.34. The second-order valence-electron chi connectivity index (χ2n) is 3.81. The predicted molar refractivity (Wildman–Crippen MR) is 66.8 cm³/mol. The number of esters is 1. The number of hydrogen-bond donors (Lipinski definition) is 1. The number of benzene rings is 1. The molecule has 0 saturated carbocycles. The number of para-hydroxylation sites is 1. The van der Waals surface area contributed by atoms with Crippen molar-refractivity contribution in [2.24, 2.45) is 0 Å². The van der Waals surface area contributed by atoms with Gasteiger partial charge in [-0.2, -0.15) is 0 Å². The van der Waals surface area contributed by atoms with Crippen LogP contribution in [0.3, 0.4) is 0 Å². The Morgan fingerprint density at radius 2 is 2.00 bits per heavy atom. The molecule has 0 radical (unpaired) electrons. The molecule has 0 amide bonds. The van der Waals surface area contributed by atoms with Gasteiger partial charge in [0.25, 0.3) is 0 Å². The molecule has 0 atom stereocenters. The molecule has 0 aliphatic carbocycles. The highest BCUT2D eigenvalue weighted by Crippen LogP contribution is 2.11. The van der Waals surface area contributed by atoms with Crippen LogP contribution in [0.5, 0.6) is 5.75 Å². The Morgan fingerprint density at radius 3 is 2.65 bits per heavy atom. The van der Waals surface area contributed by atoms with Gasteiger partial charge in [0.1, 0.15) is 5.75 Å². The highest BCUT2D eigenvalue weighted by Gasteiger charge is 2.06. The van der Waals surface area contributed by atoms with Crippen molar-refractivity contribution in [1.82, 2.24) is 0 Å². The number of unbranched alkanes of at least 4 members (excludes halogenated alkanes) is 2. The van der Waals surface area contributed by atoms with E-state index < -0.39 is 0 Å². The topological polar surface area (TPSA) is 46.5 Å². The van der Waals surface area contributed by atoms with Gasteiger partial charge in [0.2, 0.25) is 0 Å². The van der Waals surface area contributed by atoms with Crippen LogP contribution in [0.1, 0.15) is 26.2 Å². The highest BCUT2D eigenvalue weighted by atomic mass is 16.5. The number of carbonyl (C=O) groups is 1. The summed E-state index contributed by atoms with van der Waals surface area (Å²) in [5.74, 6) is 0.237. The van der Waals surface area contributed by atoms with Crippen molar-refractivity contribution < 1.29 is 14.6 Å². The van der Waals surface area contributed by atoms with Gasteiger partial charge in [-0.05, 0) is 38.3 Å². The molecule has 0 aliphatic rings. The first kappa shape index (κ1) is 13.5. The van der Waals surface area contributed by atoms with E-state index in [0.29, 0.717) is 11.3 Å². The van der Waals surface area contributed by atoms with Crippen molar-refractivity contribution in [3.05, 3.63) is 42.0 Å². The van der Waals surface area contributed by atoms with E-state index in [-0.39, 0.29) is 12.6 Å². The molecule has 3 heteroatoms. The number of carbonyl (C=O) groups excluding carboxylic acids is 1. The Kier molecular flexibility index (Phi) is 6.04. The lowest BCUT2D eigenvalue weighted by molar-refractivity contribution is -0.130. The lowest BCUT2D eigenvalue weighted by atomic mass is 10.2. The minimum Gasteiger partial charge on any atom is -0.423 e. The zero-order valence-corrected chi connectivity index (χ0v) is 10.1. The van der Waals surface area contributed by atoms with Gasteiger partial charge in [0, 0.05) is 12.2 Å². The van der Waals surface area contributed by atoms with Crippen LogP contribution in [0.2, 0.25) is 0 Å². The summed E-state index contributed by atoms with van der Waals surface area (Å²) in [6, 6.07) is 9.01. The molecule has 0 spiro atoms. The van der Waals surface area contributed by atoms with Crippen LogP contribution in [-0.2, 0) is 4.79 Å². The Morgan fingerprint density at radius 1 is 1.29 bits per heavy atom. The zero-order valence-electron chi connectivity index (χ0n) is 10.1. The maximum atomic E-state index is 11.6. The zero-order chi connectivity index (χ0) is 12.5. The number of allylic oxidation sites excluding steroid dienone is 1. The molecule has 0 aliphatic heterocycles. The highest BCUT2D eigenvalue weighted by molar-refractivity contribution is 5.89. The second kappa shape index (κ2) is 7.63. The van der Waals surface area contributed by atoms with Crippen LogP contribution < -0.4 is 4.74 Å². The largest absolute Gasteiger partial charge is 0.423 e. The van der Waals surface area contributed by atoms with Crippen molar-refractivity contribution in [2.75, 3.05) is 6.61 Å². The summed E-state index contributed by atoms with van der Waals surface area (Å²) in [4.78, 5) is 11.6. The van der Waals surface area contributed by atoms with E-state index in [4.69, 9.17) is 9.84 Å². The Balaban J connectivity index is 2.41. The predicted octanol–water partition coefficient (Wildman–Crippen LogP) is 2.70. The van der Waals surface area contributed by atoms with Gasteiger partial charge in [-0.15, -0.1) is 0 Å². The summed E-state index contributed by atoms with van der Waals surface area (Å²) in [5.41, 5.74) is 0.604. The Hall–Kier alpha value is -1.61. The van der Waals surface area contributed by atoms with Gasteiger partial charge in [-0.3, -0.25) is 0 Å². The van der Waals surface area contributed by atoms with Gasteiger partial charge in [0.05, 0.1) is 0 Å². The van der Waals surface area contributed by atoms with Crippen LogP contribution in [-0.4, -0.2) is 17.7 Å². The fraction of sp³-hybridized carbons (Fsp3) is 0.357. The van der Waals surface area contributed by atoms with E-state index in [9.17, 15) is 4.79 Å². The van der Waals surface area contributed by atoms with Crippen molar-refractivity contribution in [2.45, 2.75) is 26.2 Å². The molecule has 92 valence electrons. The molecule has 0 bridgehead atoms. The molecule has 3 nitrogen and oxygen atoms in total. The van der Waals surface area contributed by atoms with Crippen molar-refractivity contribution in [3.63, 3.8) is 0 Å². The van der Waals surface area contributed by atoms with E-state index in [0.717, 1.165) is 19.3 Å². The molecular formula is C14H18O3. The lowest BCUT2D eigenvalue weighted by Crippen LogP contribution is -2.09.